The van der Waals surface area contributed by atoms with Crippen molar-refractivity contribution in [1.82, 2.24) is 14.9 Å². The average Bonchev–Trinajstić information content (AvgIpc) is 2.85. The maximum Gasteiger partial charge on any atom is 0.416 e. The summed E-state index contributed by atoms with van der Waals surface area (Å²) in [6.07, 6.45) is -3.81. The average molecular weight is 500 g/mol. The fraction of sp³-hybridized carbons (Fsp3) is 0.346. The first kappa shape index (κ1) is 25.3. The van der Waals surface area contributed by atoms with Gasteiger partial charge in [0.25, 0.3) is 0 Å². The number of nitrogens with zero attached hydrogens (tertiary/aromatic N) is 4. The molecule has 4 rings (SSSR count). The number of aromatic nitrogens is 2. The van der Waals surface area contributed by atoms with Gasteiger partial charge in [-0.2, -0.15) is 13.2 Å². The molecule has 3 aromatic rings. The van der Waals surface area contributed by atoms with E-state index in [0.29, 0.717) is 38.4 Å². The summed E-state index contributed by atoms with van der Waals surface area (Å²) < 4.78 is 44.2. The number of methoxy groups -OCH3 is 1. The van der Waals surface area contributed by atoms with Crippen molar-refractivity contribution < 1.29 is 22.7 Å². The number of anilines is 2. The number of nitrogens with one attached hydrogen (secondary N) is 1. The molecule has 1 N–H and O–H groups in total. The van der Waals surface area contributed by atoms with Crippen LogP contribution in [0.15, 0.2) is 48.5 Å². The molecule has 10 heteroatoms. The van der Waals surface area contributed by atoms with Crippen LogP contribution in [0.3, 0.4) is 0 Å². The number of aryl methyl sites for hydroxylation is 2. The molecule has 1 aliphatic rings. The number of piperazine rings is 1. The second kappa shape index (κ2) is 10.4. The monoisotopic (exact) mass is 499 g/mol. The fourth-order valence-corrected chi connectivity index (χ4v) is 4.23. The number of amides is 2. The minimum absolute atomic E-state index is 0.112. The number of benzene rings is 2. The first-order valence-electron chi connectivity index (χ1n) is 11.6. The van der Waals surface area contributed by atoms with Crippen molar-refractivity contribution in [2.45, 2.75) is 26.4 Å². The lowest BCUT2D eigenvalue weighted by Crippen LogP contribution is -2.50. The number of rotatable bonds is 5. The predicted octanol–water partition coefficient (Wildman–Crippen LogP) is 5.07. The van der Waals surface area contributed by atoms with Crippen LogP contribution in [-0.4, -0.2) is 54.2 Å². The molecule has 2 heterocycles. The number of urea groups is 1. The third-order valence-corrected chi connectivity index (χ3v) is 6.15. The number of halogens is 3. The summed E-state index contributed by atoms with van der Waals surface area (Å²) >= 11 is 0. The number of hydrogen-bond acceptors (Lipinski definition) is 5. The Balaban J connectivity index is 1.44. The Bertz CT molecular complexity index is 1220. The van der Waals surface area contributed by atoms with Crippen molar-refractivity contribution >= 4 is 17.5 Å². The van der Waals surface area contributed by atoms with E-state index in [4.69, 9.17) is 9.72 Å². The first-order valence-corrected chi connectivity index (χ1v) is 11.6. The second-order valence-corrected chi connectivity index (χ2v) is 8.67. The highest BCUT2D eigenvalue weighted by atomic mass is 19.4. The van der Waals surface area contributed by atoms with Crippen LogP contribution in [0.5, 0.6) is 5.75 Å². The van der Waals surface area contributed by atoms with Gasteiger partial charge in [0.15, 0.2) is 0 Å². The molecule has 0 radical (unpaired) electrons. The van der Waals surface area contributed by atoms with Crippen LogP contribution in [0.2, 0.25) is 0 Å². The Morgan fingerprint density at radius 1 is 1.03 bits per heavy atom. The molecule has 0 atom stereocenters. The van der Waals surface area contributed by atoms with Gasteiger partial charge >= 0.3 is 12.2 Å². The quantitative estimate of drug-likeness (QED) is 0.531. The van der Waals surface area contributed by atoms with Gasteiger partial charge in [-0.25, -0.2) is 14.8 Å². The smallest absolute Gasteiger partial charge is 0.416 e. The van der Waals surface area contributed by atoms with Gasteiger partial charge in [0, 0.05) is 49.5 Å². The van der Waals surface area contributed by atoms with Crippen LogP contribution in [-0.2, 0) is 12.6 Å². The fourth-order valence-electron chi connectivity index (χ4n) is 4.23. The summed E-state index contributed by atoms with van der Waals surface area (Å²) in [6, 6.07) is 12.1. The van der Waals surface area contributed by atoms with Crippen molar-refractivity contribution in [3.05, 3.63) is 76.7 Å². The van der Waals surface area contributed by atoms with E-state index >= 15 is 0 Å². The van der Waals surface area contributed by atoms with Crippen molar-refractivity contribution in [2.24, 2.45) is 0 Å². The molecule has 1 aliphatic heterocycles. The number of carbonyl (C=O) groups is 1. The van der Waals surface area contributed by atoms with Crippen molar-refractivity contribution in [1.29, 1.82) is 0 Å². The SMILES string of the molecule is COc1ccc(Cc2c(C)nc(C)nc2N2CCN(C(=O)Nc3cccc(C(F)(F)F)c3)CC2)cc1. The molecule has 2 aromatic carbocycles. The number of ether oxygens (including phenoxy) is 1. The third-order valence-electron chi connectivity index (χ3n) is 6.15. The Labute approximate surface area is 207 Å². The molecule has 190 valence electrons. The molecule has 1 saturated heterocycles. The van der Waals surface area contributed by atoms with Gasteiger partial charge in [-0.1, -0.05) is 18.2 Å². The number of alkyl halides is 3. The highest BCUT2D eigenvalue weighted by Crippen LogP contribution is 2.31. The van der Waals surface area contributed by atoms with E-state index in [-0.39, 0.29) is 5.69 Å². The van der Waals surface area contributed by atoms with Gasteiger partial charge in [-0.15, -0.1) is 0 Å². The lowest BCUT2D eigenvalue weighted by atomic mass is 10.0. The third kappa shape index (κ3) is 5.87. The maximum atomic E-state index is 13.0. The number of hydrogen-bond donors (Lipinski definition) is 1. The summed E-state index contributed by atoms with van der Waals surface area (Å²) in [4.78, 5) is 25.7. The van der Waals surface area contributed by atoms with Gasteiger partial charge < -0.3 is 19.9 Å². The molecular weight excluding hydrogens is 471 g/mol. The Hall–Kier alpha value is -3.82. The topological polar surface area (TPSA) is 70.6 Å². The van der Waals surface area contributed by atoms with E-state index in [0.717, 1.165) is 40.5 Å². The van der Waals surface area contributed by atoms with E-state index in [2.05, 4.69) is 15.2 Å². The molecule has 1 aromatic heterocycles. The van der Waals surface area contributed by atoms with Crippen molar-refractivity contribution in [2.75, 3.05) is 43.5 Å². The Morgan fingerprint density at radius 3 is 2.36 bits per heavy atom. The van der Waals surface area contributed by atoms with Crippen LogP contribution < -0.4 is 15.0 Å². The molecule has 1 fully saturated rings. The molecule has 0 bridgehead atoms. The minimum Gasteiger partial charge on any atom is -0.497 e. The minimum atomic E-state index is -4.47. The van der Waals surface area contributed by atoms with E-state index < -0.39 is 17.8 Å². The maximum absolute atomic E-state index is 13.0. The van der Waals surface area contributed by atoms with Crippen molar-refractivity contribution in [3.63, 3.8) is 0 Å². The van der Waals surface area contributed by atoms with Crippen LogP contribution >= 0.6 is 0 Å². The largest absolute Gasteiger partial charge is 0.497 e. The molecule has 0 unspecified atom stereocenters. The zero-order valence-electron chi connectivity index (χ0n) is 20.4. The van der Waals surface area contributed by atoms with E-state index in [9.17, 15) is 18.0 Å². The number of carbonyl (C=O) groups excluding carboxylic acids is 1. The van der Waals surface area contributed by atoms with Crippen molar-refractivity contribution in [3.8, 4) is 5.75 Å². The second-order valence-electron chi connectivity index (χ2n) is 8.67. The Morgan fingerprint density at radius 2 is 1.72 bits per heavy atom. The van der Waals surface area contributed by atoms with Crippen LogP contribution in [0.4, 0.5) is 29.5 Å². The molecule has 7 nitrogen and oxygen atoms in total. The molecule has 0 spiro atoms. The Kier molecular flexibility index (Phi) is 7.32. The highest BCUT2D eigenvalue weighted by molar-refractivity contribution is 5.89. The zero-order chi connectivity index (χ0) is 25.9. The highest BCUT2D eigenvalue weighted by Gasteiger charge is 2.31. The van der Waals surface area contributed by atoms with E-state index in [1.807, 2.05) is 38.1 Å². The predicted molar refractivity (Wildman–Crippen MR) is 132 cm³/mol. The molecule has 36 heavy (non-hydrogen) atoms. The van der Waals surface area contributed by atoms with Gasteiger partial charge in [-0.3, -0.25) is 0 Å². The zero-order valence-corrected chi connectivity index (χ0v) is 20.4. The normalized spacial score (nSPS) is 14.1. The van der Waals surface area contributed by atoms with Gasteiger partial charge in [-0.05, 0) is 49.7 Å². The molecule has 0 aliphatic carbocycles. The van der Waals surface area contributed by atoms with E-state index in [1.165, 1.54) is 12.1 Å². The lowest BCUT2D eigenvalue weighted by molar-refractivity contribution is -0.137. The summed E-state index contributed by atoms with van der Waals surface area (Å²) in [5.74, 6) is 2.30. The summed E-state index contributed by atoms with van der Waals surface area (Å²) in [6.45, 7) is 5.73. The standard InChI is InChI=1S/C26H28F3N5O2/c1-17-23(15-19-7-9-22(36-3)10-8-19)24(31-18(2)30-17)33-11-13-34(14-12-33)25(35)32-21-6-4-5-20(16-21)26(27,28)29/h4-10,16H,11-15H2,1-3H3,(H,32,35). The first-order chi connectivity index (χ1) is 17.1. The van der Waals surface area contributed by atoms with Gasteiger partial charge in [0.1, 0.15) is 17.4 Å². The van der Waals surface area contributed by atoms with E-state index in [1.54, 1.807) is 12.0 Å². The summed E-state index contributed by atoms with van der Waals surface area (Å²) in [5, 5.41) is 2.58. The molecular formula is C26H28F3N5O2. The van der Waals surface area contributed by atoms with Crippen LogP contribution in [0.25, 0.3) is 0 Å². The summed E-state index contributed by atoms with van der Waals surface area (Å²) in [7, 11) is 1.63. The lowest BCUT2D eigenvalue weighted by Gasteiger charge is -2.36. The van der Waals surface area contributed by atoms with Crippen LogP contribution in [0.1, 0.15) is 28.2 Å². The molecule has 2 amide bonds. The van der Waals surface area contributed by atoms with Crippen LogP contribution in [0, 0.1) is 13.8 Å². The summed E-state index contributed by atoms with van der Waals surface area (Å²) in [5.41, 5.74) is 2.34. The molecule has 0 saturated carbocycles. The van der Waals surface area contributed by atoms with Gasteiger partial charge in [0.05, 0.1) is 12.7 Å². The van der Waals surface area contributed by atoms with Gasteiger partial charge in [0.2, 0.25) is 0 Å².